The van der Waals surface area contributed by atoms with Gasteiger partial charge in [0, 0.05) is 22.6 Å². The van der Waals surface area contributed by atoms with Crippen molar-refractivity contribution >= 4 is 34.0 Å². The van der Waals surface area contributed by atoms with Crippen molar-refractivity contribution in [2.24, 2.45) is 0 Å². The lowest BCUT2D eigenvalue weighted by atomic mass is 9.96. The molecule has 0 amide bonds. The van der Waals surface area contributed by atoms with Gasteiger partial charge >= 0.3 is 0 Å². The van der Waals surface area contributed by atoms with Crippen molar-refractivity contribution in [2.75, 3.05) is 5.32 Å². The lowest BCUT2D eigenvalue weighted by Crippen LogP contribution is -2.13. The standard InChI is InChI=1S/C14H18ClN3S/c1-9(15)10-7-5-6-8-11(10)16-13-17-12(18-19-13)14(2,3)4/h5-9H,1-4H3,(H,16,17,18). The Labute approximate surface area is 123 Å². The first kappa shape index (κ1) is 14.3. The van der Waals surface area contributed by atoms with Crippen LogP contribution < -0.4 is 5.32 Å². The fourth-order valence-corrected chi connectivity index (χ4v) is 2.61. The monoisotopic (exact) mass is 295 g/mol. The summed E-state index contributed by atoms with van der Waals surface area (Å²) in [6, 6.07) is 8.00. The predicted octanol–water partition coefficient (Wildman–Crippen LogP) is 4.88. The van der Waals surface area contributed by atoms with Gasteiger partial charge in [-0.3, -0.25) is 0 Å². The Hall–Kier alpha value is -1.13. The largest absolute Gasteiger partial charge is 0.330 e. The molecule has 0 radical (unpaired) electrons. The molecule has 19 heavy (non-hydrogen) atoms. The minimum Gasteiger partial charge on any atom is -0.330 e. The van der Waals surface area contributed by atoms with E-state index in [9.17, 15) is 0 Å². The van der Waals surface area contributed by atoms with Crippen LogP contribution in [0.25, 0.3) is 0 Å². The number of para-hydroxylation sites is 1. The Morgan fingerprint density at radius 2 is 1.95 bits per heavy atom. The van der Waals surface area contributed by atoms with E-state index in [4.69, 9.17) is 11.6 Å². The molecule has 102 valence electrons. The van der Waals surface area contributed by atoms with Crippen LogP contribution in [0.1, 0.15) is 44.5 Å². The summed E-state index contributed by atoms with van der Waals surface area (Å²) < 4.78 is 4.39. The molecule has 1 aromatic heterocycles. The van der Waals surface area contributed by atoms with E-state index in [1.54, 1.807) is 0 Å². The molecule has 0 aliphatic heterocycles. The number of hydrogen-bond donors (Lipinski definition) is 1. The number of alkyl halides is 1. The molecule has 0 saturated heterocycles. The summed E-state index contributed by atoms with van der Waals surface area (Å²) in [6.45, 7) is 8.28. The van der Waals surface area contributed by atoms with Crippen LogP contribution in [0.2, 0.25) is 0 Å². The van der Waals surface area contributed by atoms with Gasteiger partial charge in [0.2, 0.25) is 5.13 Å². The molecule has 0 saturated carbocycles. The highest BCUT2D eigenvalue weighted by Crippen LogP contribution is 2.31. The Morgan fingerprint density at radius 1 is 1.26 bits per heavy atom. The van der Waals surface area contributed by atoms with E-state index in [2.05, 4.69) is 35.4 Å². The third kappa shape index (κ3) is 3.45. The first-order valence-electron chi connectivity index (χ1n) is 6.22. The SMILES string of the molecule is CC(Cl)c1ccccc1Nc1nc(C(C)(C)C)ns1. The molecule has 1 atom stereocenters. The van der Waals surface area contributed by atoms with Crippen LogP contribution in [0.4, 0.5) is 10.8 Å². The molecule has 0 aliphatic carbocycles. The van der Waals surface area contributed by atoms with E-state index in [1.807, 2.05) is 31.2 Å². The third-order valence-electron chi connectivity index (χ3n) is 2.73. The molecular formula is C14H18ClN3S. The highest BCUT2D eigenvalue weighted by molar-refractivity contribution is 7.09. The van der Waals surface area contributed by atoms with Crippen molar-refractivity contribution in [3.63, 3.8) is 0 Å². The van der Waals surface area contributed by atoms with E-state index in [0.717, 1.165) is 22.2 Å². The summed E-state index contributed by atoms with van der Waals surface area (Å²) in [7, 11) is 0. The van der Waals surface area contributed by atoms with Crippen molar-refractivity contribution in [1.29, 1.82) is 0 Å². The second kappa shape index (κ2) is 5.47. The van der Waals surface area contributed by atoms with Crippen LogP contribution in [0.3, 0.4) is 0 Å². The van der Waals surface area contributed by atoms with Gasteiger partial charge in [-0.25, -0.2) is 4.98 Å². The summed E-state index contributed by atoms with van der Waals surface area (Å²) in [5, 5.41) is 4.06. The van der Waals surface area contributed by atoms with Crippen LogP contribution in [-0.2, 0) is 5.41 Å². The highest BCUT2D eigenvalue weighted by Gasteiger charge is 2.20. The second-order valence-corrected chi connectivity index (χ2v) is 6.91. The first-order valence-corrected chi connectivity index (χ1v) is 7.43. The topological polar surface area (TPSA) is 37.8 Å². The second-order valence-electron chi connectivity index (χ2n) is 5.50. The van der Waals surface area contributed by atoms with Crippen LogP contribution in [-0.4, -0.2) is 9.36 Å². The van der Waals surface area contributed by atoms with Gasteiger partial charge in [-0.2, -0.15) is 4.37 Å². The summed E-state index contributed by atoms with van der Waals surface area (Å²) in [5.41, 5.74) is 2.02. The van der Waals surface area contributed by atoms with Crippen molar-refractivity contribution in [3.8, 4) is 0 Å². The van der Waals surface area contributed by atoms with Crippen molar-refractivity contribution in [2.45, 2.75) is 38.5 Å². The average molecular weight is 296 g/mol. The zero-order chi connectivity index (χ0) is 14.0. The molecule has 2 rings (SSSR count). The molecule has 1 aromatic carbocycles. The molecule has 3 nitrogen and oxygen atoms in total. The van der Waals surface area contributed by atoms with E-state index < -0.39 is 0 Å². The van der Waals surface area contributed by atoms with E-state index in [0.29, 0.717) is 0 Å². The number of hydrogen-bond acceptors (Lipinski definition) is 4. The smallest absolute Gasteiger partial charge is 0.207 e. The lowest BCUT2D eigenvalue weighted by Gasteiger charge is -2.13. The van der Waals surface area contributed by atoms with Gasteiger partial charge in [-0.1, -0.05) is 39.0 Å². The Bertz CT molecular complexity index is 558. The third-order valence-corrected chi connectivity index (χ3v) is 3.59. The molecule has 1 heterocycles. The Balaban J connectivity index is 2.25. The Kier molecular flexibility index (Phi) is 4.11. The zero-order valence-electron chi connectivity index (χ0n) is 11.6. The maximum Gasteiger partial charge on any atom is 0.207 e. The van der Waals surface area contributed by atoms with E-state index >= 15 is 0 Å². The van der Waals surface area contributed by atoms with Crippen LogP contribution in [0, 0.1) is 0 Å². The van der Waals surface area contributed by atoms with Gasteiger partial charge in [0.25, 0.3) is 0 Å². The van der Waals surface area contributed by atoms with Gasteiger partial charge in [0.15, 0.2) is 0 Å². The summed E-state index contributed by atoms with van der Waals surface area (Å²) in [5.74, 6) is 0.858. The fraction of sp³-hybridized carbons (Fsp3) is 0.429. The number of halogens is 1. The fourth-order valence-electron chi connectivity index (χ4n) is 1.65. The van der Waals surface area contributed by atoms with Crippen LogP contribution in [0.15, 0.2) is 24.3 Å². The van der Waals surface area contributed by atoms with Gasteiger partial charge in [-0.05, 0) is 18.6 Å². The molecule has 0 aliphatic rings. The lowest BCUT2D eigenvalue weighted by molar-refractivity contribution is 0.555. The minimum absolute atomic E-state index is 0.0320. The minimum atomic E-state index is -0.0429. The number of nitrogens with one attached hydrogen (secondary N) is 1. The number of aromatic nitrogens is 2. The maximum absolute atomic E-state index is 6.18. The van der Waals surface area contributed by atoms with Crippen molar-refractivity contribution in [3.05, 3.63) is 35.7 Å². The first-order chi connectivity index (χ1) is 8.88. The Morgan fingerprint density at radius 3 is 2.53 bits per heavy atom. The van der Waals surface area contributed by atoms with Crippen LogP contribution in [0.5, 0.6) is 0 Å². The number of anilines is 2. The van der Waals surface area contributed by atoms with E-state index in [-0.39, 0.29) is 10.8 Å². The molecular weight excluding hydrogens is 278 g/mol. The van der Waals surface area contributed by atoms with Crippen LogP contribution >= 0.6 is 23.1 Å². The predicted molar refractivity (Wildman–Crippen MR) is 82.6 cm³/mol. The van der Waals surface area contributed by atoms with Crippen molar-refractivity contribution < 1.29 is 0 Å². The molecule has 1 unspecified atom stereocenters. The van der Waals surface area contributed by atoms with Crippen molar-refractivity contribution in [1.82, 2.24) is 9.36 Å². The van der Waals surface area contributed by atoms with Gasteiger partial charge in [-0.15, -0.1) is 11.6 Å². The molecule has 0 bridgehead atoms. The average Bonchev–Trinajstić information content (AvgIpc) is 2.77. The molecule has 0 spiro atoms. The maximum atomic E-state index is 6.18. The summed E-state index contributed by atoms with van der Waals surface area (Å²) in [4.78, 5) is 4.53. The number of rotatable bonds is 3. The summed E-state index contributed by atoms with van der Waals surface area (Å²) >= 11 is 7.56. The molecule has 1 N–H and O–H groups in total. The molecule has 2 aromatic rings. The quantitative estimate of drug-likeness (QED) is 0.820. The number of benzene rings is 1. The zero-order valence-corrected chi connectivity index (χ0v) is 13.1. The van der Waals surface area contributed by atoms with Gasteiger partial charge in [0.05, 0.1) is 5.38 Å². The van der Waals surface area contributed by atoms with Gasteiger partial charge < -0.3 is 5.32 Å². The van der Waals surface area contributed by atoms with Gasteiger partial charge in [0.1, 0.15) is 5.82 Å². The summed E-state index contributed by atoms with van der Waals surface area (Å²) in [6.07, 6.45) is 0. The highest BCUT2D eigenvalue weighted by atomic mass is 35.5. The molecule has 0 fully saturated rings. The van der Waals surface area contributed by atoms with E-state index in [1.165, 1.54) is 11.5 Å². The number of nitrogens with zero attached hydrogens (tertiary/aromatic N) is 2. The molecule has 5 heteroatoms. The normalized spacial score (nSPS) is 13.3.